The van der Waals surface area contributed by atoms with Crippen LogP contribution in [0, 0.1) is 0 Å². The van der Waals surface area contributed by atoms with E-state index in [1.807, 2.05) is 16.8 Å². The predicted octanol–water partition coefficient (Wildman–Crippen LogP) is 2.58. The number of hydrogen-bond acceptors (Lipinski definition) is 4. The number of ketones is 1. The quantitative estimate of drug-likeness (QED) is 0.762. The molecule has 0 spiro atoms. The third-order valence-electron chi connectivity index (χ3n) is 2.21. The second-order valence-corrected chi connectivity index (χ2v) is 4.07. The molecule has 0 saturated carbocycles. The van der Waals surface area contributed by atoms with Gasteiger partial charge in [-0.3, -0.25) is 4.79 Å². The van der Waals surface area contributed by atoms with Crippen molar-refractivity contribution in [1.29, 1.82) is 0 Å². The number of nitrogens with zero attached hydrogens (tertiary/aromatic N) is 1. The van der Waals surface area contributed by atoms with Gasteiger partial charge < -0.3 is 4.74 Å². The zero-order chi connectivity index (χ0) is 11.4. The summed E-state index contributed by atoms with van der Waals surface area (Å²) in [6.45, 7) is 0. The molecule has 0 N–H and O–H groups in total. The van der Waals surface area contributed by atoms with Crippen molar-refractivity contribution in [3.63, 3.8) is 0 Å². The first-order valence-corrected chi connectivity index (χ1v) is 5.79. The molecule has 2 aromatic heterocycles. The van der Waals surface area contributed by atoms with Crippen LogP contribution in [0.5, 0.6) is 5.88 Å². The molecule has 0 atom stereocenters. The third kappa shape index (κ3) is 2.28. The van der Waals surface area contributed by atoms with Gasteiger partial charge in [0.05, 0.1) is 12.7 Å². The van der Waals surface area contributed by atoms with Gasteiger partial charge >= 0.3 is 0 Å². The summed E-state index contributed by atoms with van der Waals surface area (Å²) < 4.78 is 5.06. The van der Waals surface area contributed by atoms with Crippen molar-refractivity contribution in [3.05, 3.63) is 46.3 Å². The summed E-state index contributed by atoms with van der Waals surface area (Å²) in [4.78, 5) is 16.0. The first kappa shape index (κ1) is 10.8. The number of pyridine rings is 1. The van der Waals surface area contributed by atoms with Crippen LogP contribution >= 0.6 is 11.3 Å². The van der Waals surface area contributed by atoms with Crippen molar-refractivity contribution in [2.75, 3.05) is 7.11 Å². The Bertz CT molecular complexity index is 480. The molecule has 2 aromatic rings. The van der Waals surface area contributed by atoms with Crippen LogP contribution in [-0.2, 0) is 6.42 Å². The van der Waals surface area contributed by atoms with E-state index in [9.17, 15) is 4.79 Å². The lowest BCUT2D eigenvalue weighted by atomic mass is 10.1. The van der Waals surface area contributed by atoms with Gasteiger partial charge in [0.2, 0.25) is 5.88 Å². The summed E-state index contributed by atoms with van der Waals surface area (Å²) >= 11 is 1.59. The highest BCUT2D eigenvalue weighted by Crippen LogP contribution is 2.17. The second-order valence-electron chi connectivity index (χ2n) is 3.29. The fourth-order valence-electron chi connectivity index (χ4n) is 1.44. The molecule has 0 aromatic carbocycles. The average Bonchev–Trinajstić information content (AvgIpc) is 2.81. The molecule has 2 heterocycles. The molecular formula is C12H11NO2S. The number of rotatable bonds is 4. The van der Waals surface area contributed by atoms with Crippen molar-refractivity contribution in [2.45, 2.75) is 6.42 Å². The smallest absolute Gasteiger partial charge is 0.224 e. The lowest BCUT2D eigenvalue weighted by molar-refractivity contribution is 0.0989. The standard InChI is InChI=1S/C12H11NO2S/c1-15-12-10(3-2-5-13-12)11(14)7-9-4-6-16-8-9/h2-6,8H,7H2,1H3. The number of ether oxygens (including phenoxy) is 1. The van der Waals surface area contributed by atoms with Crippen LogP contribution in [0.1, 0.15) is 15.9 Å². The highest BCUT2D eigenvalue weighted by atomic mass is 32.1. The third-order valence-corrected chi connectivity index (χ3v) is 2.94. The number of methoxy groups -OCH3 is 1. The minimum Gasteiger partial charge on any atom is -0.480 e. The molecule has 16 heavy (non-hydrogen) atoms. The molecule has 0 saturated heterocycles. The molecule has 0 aliphatic heterocycles. The number of carbonyl (C=O) groups is 1. The topological polar surface area (TPSA) is 39.2 Å². The Kier molecular flexibility index (Phi) is 3.31. The average molecular weight is 233 g/mol. The van der Waals surface area contributed by atoms with Crippen molar-refractivity contribution < 1.29 is 9.53 Å². The summed E-state index contributed by atoms with van der Waals surface area (Å²) in [6.07, 6.45) is 2.01. The lowest BCUT2D eigenvalue weighted by Crippen LogP contribution is -2.06. The molecule has 2 rings (SSSR count). The number of carbonyl (C=O) groups excluding carboxylic acids is 1. The first-order chi connectivity index (χ1) is 7.81. The van der Waals surface area contributed by atoms with E-state index in [1.165, 1.54) is 7.11 Å². The van der Waals surface area contributed by atoms with Gasteiger partial charge in [0.25, 0.3) is 0 Å². The molecule has 0 bridgehead atoms. The first-order valence-electron chi connectivity index (χ1n) is 4.84. The summed E-state index contributed by atoms with van der Waals surface area (Å²) in [5.74, 6) is 0.422. The van der Waals surface area contributed by atoms with Gasteiger partial charge in [-0.25, -0.2) is 4.98 Å². The van der Waals surface area contributed by atoms with E-state index >= 15 is 0 Å². The van der Waals surface area contributed by atoms with Crippen LogP contribution in [0.15, 0.2) is 35.2 Å². The fraction of sp³-hybridized carbons (Fsp3) is 0.167. The maximum atomic E-state index is 12.0. The van der Waals surface area contributed by atoms with Crippen molar-refractivity contribution in [3.8, 4) is 5.88 Å². The molecule has 0 amide bonds. The van der Waals surface area contributed by atoms with E-state index in [-0.39, 0.29) is 5.78 Å². The molecule has 0 aliphatic carbocycles. The van der Waals surface area contributed by atoms with E-state index in [1.54, 1.807) is 29.7 Å². The maximum Gasteiger partial charge on any atom is 0.224 e. The van der Waals surface area contributed by atoms with E-state index in [2.05, 4.69) is 4.98 Å². The molecule has 0 fully saturated rings. The monoisotopic (exact) mass is 233 g/mol. The zero-order valence-electron chi connectivity index (χ0n) is 8.84. The summed E-state index contributed by atoms with van der Waals surface area (Å²) in [5.41, 5.74) is 1.57. The van der Waals surface area contributed by atoms with Crippen LogP contribution in [0.4, 0.5) is 0 Å². The molecule has 0 unspecified atom stereocenters. The SMILES string of the molecule is COc1ncccc1C(=O)Cc1ccsc1. The normalized spacial score (nSPS) is 10.1. The van der Waals surface area contributed by atoms with Crippen LogP contribution in [0.2, 0.25) is 0 Å². The van der Waals surface area contributed by atoms with Gasteiger partial charge in [0, 0.05) is 12.6 Å². The lowest BCUT2D eigenvalue weighted by Gasteiger charge is -2.04. The Morgan fingerprint density at radius 3 is 3.06 bits per heavy atom. The molecule has 4 heteroatoms. The van der Waals surface area contributed by atoms with Crippen LogP contribution in [0.3, 0.4) is 0 Å². The van der Waals surface area contributed by atoms with Crippen molar-refractivity contribution in [2.24, 2.45) is 0 Å². The number of Topliss-reactive ketones (excluding diaryl/α,β-unsaturated/α-hetero) is 1. The Morgan fingerprint density at radius 1 is 1.50 bits per heavy atom. The Labute approximate surface area is 97.7 Å². The molecule has 0 radical (unpaired) electrons. The Hall–Kier alpha value is -1.68. The zero-order valence-corrected chi connectivity index (χ0v) is 9.66. The van der Waals surface area contributed by atoms with Gasteiger partial charge in [0.1, 0.15) is 0 Å². The minimum atomic E-state index is 0.0309. The van der Waals surface area contributed by atoms with Crippen molar-refractivity contribution >= 4 is 17.1 Å². The molecule has 3 nitrogen and oxygen atoms in total. The van der Waals surface area contributed by atoms with Gasteiger partial charge in [-0.15, -0.1) is 0 Å². The van der Waals surface area contributed by atoms with Crippen molar-refractivity contribution in [1.82, 2.24) is 4.98 Å². The van der Waals surface area contributed by atoms with Crippen LogP contribution in [-0.4, -0.2) is 17.9 Å². The van der Waals surface area contributed by atoms with Gasteiger partial charge in [-0.2, -0.15) is 11.3 Å². The highest BCUT2D eigenvalue weighted by molar-refractivity contribution is 7.08. The fourth-order valence-corrected chi connectivity index (χ4v) is 2.11. The predicted molar refractivity (Wildman–Crippen MR) is 63.1 cm³/mol. The molecule has 82 valence electrons. The Balaban J connectivity index is 2.21. The van der Waals surface area contributed by atoms with E-state index < -0.39 is 0 Å². The molecular weight excluding hydrogens is 222 g/mol. The van der Waals surface area contributed by atoms with E-state index in [4.69, 9.17) is 4.74 Å². The maximum absolute atomic E-state index is 12.0. The molecule has 0 aliphatic rings. The number of aromatic nitrogens is 1. The largest absolute Gasteiger partial charge is 0.480 e. The Morgan fingerprint density at radius 2 is 2.38 bits per heavy atom. The second kappa shape index (κ2) is 4.90. The summed E-state index contributed by atoms with van der Waals surface area (Å²) in [5, 5.41) is 3.93. The number of hydrogen-bond donors (Lipinski definition) is 0. The van der Waals surface area contributed by atoms with E-state index in [0.29, 0.717) is 17.9 Å². The van der Waals surface area contributed by atoms with Crippen LogP contribution in [0.25, 0.3) is 0 Å². The van der Waals surface area contributed by atoms with Crippen LogP contribution < -0.4 is 4.74 Å². The summed E-state index contributed by atoms with van der Waals surface area (Å²) in [6, 6.07) is 5.43. The summed E-state index contributed by atoms with van der Waals surface area (Å²) in [7, 11) is 1.52. The highest BCUT2D eigenvalue weighted by Gasteiger charge is 2.13. The van der Waals surface area contributed by atoms with E-state index in [0.717, 1.165) is 5.56 Å². The van der Waals surface area contributed by atoms with Gasteiger partial charge in [-0.1, -0.05) is 0 Å². The minimum absolute atomic E-state index is 0.0309. The van der Waals surface area contributed by atoms with Gasteiger partial charge in [-0.05, 0) is 34.5 Å². The number of thiophene rings is 1. The van der Waals surface area contributed by atoms with Gasteiger partial charge in [0.15, 0.2) is 5.78 Å².